The van der Waals surface area contributed by atoms with Crippen molar-refractivity contribution in [3.8, 4) is 0 Å². The lowest BCUT2D eigenvalue weighted by Gasteiger charge is -2.27. The Kier molecular flexibility index (Phi) is 4.54. The number of hydrogen-bond donors (Lipinski definition) is 1. The second-order valence-electron chi connectivity index (χ2n) is 4.42. The molecule has 1 fully saturated rings. The first-order valence-electron chi connectivity index (χ1n) is 6.27. The standard InChI is InChI=1S/C14H20O3/c1-2-4-11-5-3-6-12(9-11)14(15)13-10-16-7-8-17-13/h3,5-6,9,13-15H,2,4,7-8,10H2,1H3. The number of hydrogen-bond acceptors (Lipinski definition) is 3. The van der Waals surface area contributed by atoms with E-state index in [1.54, 1.807) is 0 Å². The van der Waals surface area contributed by atoms with Crippen molar-refractivity contribution < 1.29 is 14.6 Å². The van der Waals surface area contributed by atoms with Crippen LogP contribution in [0.3, 0.4) is 0 Å². The summed E-state index contributed by atoms with van der Waals surface area (Å²) in [5, 5.41) is 10.2. The first kappa shape index (κ1) is 12.6. The van der Waals surface area contributed by atoms with Gasteiger partial charge < -0.3 is 14.6 Å². The lowest BCUT2D eigenvalue weighted by atomic mass is 10.00. The van der Waals surface area contributed by atoms with Gasteiger partial charge >= 0.3 is 0 Å². The van der Waals surface area contributed by atoms with Gasteiger partial charge in [0.15, 0.2) is 0 Å². The van der Waals surface area contributed by atoms with Crippen LogP contribution in [0, 0.1) is 0 Å². The van der Waals surface area contributed by atoms with Crippen molar-refractivity contribution in [2.45, 2.75) is 32.0 Å². The average molecular weight is 236 g/mol. The van der Waals surface area contributed by atoms with Crippen LogP contribution < -0.4 is 0 Å². The van der Waals surface area contributed by atoms with Crippen LogP contribution in [0.4, 0.5) is 0 Å². The first-order chi connectivity index (χ1) is 8.31. The predicted molar refractivity (Wildman–Crippen MR) is 66.0 cm³/mol. The van der Waals surface area contributed by atoms with Crippen LogP contribution in [0.1, 0.15) is 30.6 Å². The molecule has 0 amide bonds. The van der Waals surface area contributed by atoms with Crippen LogP contribution in [0.15, 0.2) is 24.3 Å². The van der Waals surface area contributed by atoms with E-state index in [-0.39, 0.29) is 6.10 Å². The summed E-state index contributed by atoms with van der Waals surface area (Å²) in [5.41, 5.74) is 2.19. The van der Waals surface area contributed by atoms with Crippen molar-refractivity contribution in [3.63, 3.8) is 0 Å². The van der Waals surface area contributed by atoms with E-state index in [0.717, 1.165) is 18.4 Å². The Hall–Kier alpha value is -0.900. The molecule has 3 heteroatoms. The largest absolute Gasteiger partial charge is 0.386 e. The molecule has 1 aliphatic rings. The zero-order valence-corrected chi connectivity index (χ0v) is 10.3. The Morgan fingerprint density at radius 1 is 1.41 bits per heavy atom. The van der Waals surface area contributed by atoms with E-state index in [4.69, 9.17) is 9.47 Å². The van der Waals surface area contributed by atoms with Gasteiger partial charge in [-0.05, 0) is 17.5 Å². The average Bonchev–Trinajstić information content (AvgIpc) is 2.40. The maximum Gasteiger partial charge on any atom is 0.111 e. The highest BCUT2D eigenvalue weighted by molar-refractivity contribution is 5.26. The minimum absolute atomic E-state index is 0.236. The zero-order chi connectivity index (χ0) is 12.1. The molecule has 1 heterocycles. The van der Waals surface area contributed by atoms with Gasteiger partial charge in [-0.2, -0.15) is 0 Å². The van der Waals surface area contributed by atoms with Crippen LogP contribution in [0.25, 0.3) is 0 Å². The van der Waals surface area contributed by atoms with Crippen LogP contribution in [0.5, 0.6) is 0 Å². The number of rotatable bonds is 4. The summed E-state index contributed by atoms with van der Waals surface area (Å²) in [5.74, 6) is 0. The van der Waals surface area contributed by atoms with Gasteiger partial charge in [0.05, 0.1) is 19.8 Å². The van der Waals surface area contributed by atoms with Gasteiger partial charge in [-0.3, -0.25) is 0 Å². The molecule has 1 aromatic rings. The van der Waals surface area contributed by atoms with Crippen LogP contribution >= 0.6 is 0 Å². The quantitative estimate of drug-likeness (QED) is 0.870. The summed E-state index contributed by atoms with van der Waals surface area (Å²) < 4.78 is 10.8. The van der Waals surface area contributed by atoms with Crippen LogP contribution in [0.2, 0.25) is 0 Å². The van der Waals surface area contributed by atoms with E-state index in [2.05, 4.69) is 19.1 Å². The second kappa shape index (κ2) is 6.15. The molecule has 0 saturated carbocycles. The number of aliphatic hydroxyl groups excluding tert-OH is 1. The maximum atomic E-state index is 10.2. The first-order valence-corrected chi connectivity index (χ1v) is 6.27. The van der Waals surface area contributed by atoms with Gasteiger partial charge in [0.1, 0.15) is 12.2 Å². The molecule has 2 unspecified atom stereocenters. The molecule has 3 nitrogen and oxygen atoms in total. The third-order valence-electron chi connectivity index (χ3n) is 3.03. The molecule has 0 spiro atoms. The van der Waals surface area contributed by atoms with Crippen LogP contribution in [-0.4, -0.2) is 31.0 Å². The lowest BCUT2D eigenvalue weighted by molar-refractivity contribution is -0.133. The molecule has 0 aromatic heterocycles. The number of aliphatic hydroxyl groups is 1. The van der Waals surface area contributed by atoms with Crippen molar-refractivity contribution in [1.82, 2.24) is 0 Å². The molecule has 17 heavy (non-hydrogen) atoms. The van der Waals surface area contributed by atoms with Crippen molar-refractivity contribution in [3.05, 3.63) is 35.4 Å². The third kappa shape index (κ3) is 3.28. The number of aryl methyl sites for hydroxylation is 1. The molecule has 1 saturated heterocycles. The molecule has 1 aromatic carbocycles. The molecule has 1 aliphatic heterocycles. The van der Waals surface area contributed by atoms with Gasteiger partial charge in [-0.1, -0.05) is 37.6 Å². The van der Waals surface area contributed by atoms with Gasteiger partial charge in [0, 0.05) is 0 Å². The van der Waals surface area contributed by atoms with Gasteiger partial charge in [0.2, 0.25) is 0 Å². The van der Waals surface area contributed by atoms with Gasteiger partial charge in [0.25, 0.3) is 0 Å². The summed E-state index contributed by atoms with van der Waals surface area (Å²) in [6, 6.07) is 8.10. The molecule has 0 bridgehead atoms. The Morgan fingerprint density at radius 3 is 3.00 bits per heavy atom. The Labute approximate surface area is 102 Å². The van der Waals surface area contributed by atoms with E-state index in [9.17, 15) is 5.11 Å². The lowest BCUT2D eigenvalue weighted by Crippen LogP contribution is -2.33. The fourth-order valence-corrected chi connectivity index (χ4v) is 2.12. The Bertz CT molecular complexity index is 345. The summed E-state index contributed by atoms with van der Waals surface area (Å²) in [4.78, 5) is 0. The maximum absolute atomic E-state index is 10.2. The SMILES string of the molecule is CCCc1cccc(C(O)C2COCCO2)c1. The van der Waals surface area contributed by atoms with Crippen LogP contribution in [-0.2, 0) is 15.9 Å². The van der Waals surface area contributed by atoms with Crippen molar-refractivity contribution in [2.75, 3.05) is 19.8 Å². The normalized spacial score (nSPS) is 22.4. The molecule has 0 radical (unpaired) electrons. The molecule has 2 rings (SSSR count). The minimum Gasteiger partial charge on any atom is -0.386 e. The smallest absolute Gasteiger partial charge is 0.111 e. The fourth-order valence-electron chi connectivity index (χ4n) is 2.12. The zero-order valence-electron chi connectivity index (χ0n) is 10.3. The molecular weight excluding hydrogens is 216 g/mol. The molecular formula is C14H20O3. The van der Waals surface area contributed by atoms with E-state index >= 15 is 0 Å². The summed E-state index contributed by atoms with van der Waals surface area (Å²) in [6.07, 6.45) is 1.33. The molecule has 1 N–H and O–H groups in total. The topological polar surface area (TPSA) is 38.7 Å². The van der Waals surface area contributed by atoms with Gasteiger partial charge in [-0.15, -0.1) is 0 Å². The monoisotopic (exact) mass is 236 g/mol. The fraction of sp³-hybridized carbons (Fsp3) is 0.571. The molecule has 94 valence electrons. The number of ether oxygens (including phenoxy) is 2. The van der Waals surface area contributed by atoms with Crippen molar-refractivity contribution >= 4 is 0 Å². The Balaban J connectivity index is 2.06. The van der Waals surface area contributed by atoms with E-state index in [1.165, 1.54) is 5.56 Å². The molecule has 0 aliphatic carbocycles. The highest BCUT2D eigenvalue weighted by Crippen LogP contribution is 2.22. The highest BCUT2D eigenvalue weighted by atomic mass is 16.6. The third-order valence-corrected chi connectivity index (χ3v) is 3.03. The van der Waals surface area contributed by atoms with E-state index < -0.39 is 6.10 Å². The van der Waals surface area contributed by atoms with E-state index in [1.807, 2.05) is 12.1 Å². The molecule has 2 atom stereocenters. The highest BCUT2D eigenvalue weighted by Gasteiger charge is 2.24. The summed E-state index contributed by atoms with van der Waals surface area (Å²) in [7, 11) is 0. The predicted octanol–water partition coefficient (Wildman–Crippen LogP) is 2.09. The number of benzene rings is 1. The minimum atomic E-state index is -0.591. The van der Waals surface area contributed by atoms with Gasteiger partial charge in [-0.25, -0.2) is 0 Å². The van der Waals surface area contributed by atoms with Crippen molar-refractivity contribution in [2.24, 2.45) is 0 Å². The Morgan fingerprint density at radius 2 is 2.29 bits per heavy atom. The van der Waals surface area contributed by atoms with E-state index in [0.29, 0.717) is 19.8 Å². The van der Waals surface area contributed by atoms with Crippen molar-refractivity contribution in [1.29, 1.82) is 0 Å². The second-order valence-corrected chi connectivity index (χ2v) is 4.42. The summed E-state index contributed by atoms with van der Waals surface area (Å²) in [6.45, 7) is 3.82. The summed E-state index contributed by atoms with van der Waals surface area (Å²) >= 11 is 0.